The highest BCUT2D eigenvalue weighted by Crippen LogP contribution is 2.30. The summed E-state index contributed by atoms with van der Waals surface area (Å²) in [6.45, 7) is 12.2. The van der Waals surface area contributed by atoms with Crippen molar-refractivity contribution in [2.75, 3.05) is 29.0 Å². The molecule has 0 unspecified atom stereocenters. The van der Waals surface area contributed by atoms with Gasteiger partial charge in [-0.15, -0.1) is 0 Å². The van der Waals surface area contributed by atoms with Crippen molar-refractivity contribution in [3.05, 3.63) is 60.0 Å². The van der Waals surface area contributed by atoms with Gasteiger partial charge >= 0.3 is 6.03 Å². The third-order valence-electron chi connectivity index (χ3n) is 6.59. The maximum Gasteiger partial charge on any atom is 0.326 e. The lowest BCUT2D eigenvalue weighted by Gasteiger charge is -2.37. The molecule has 38 heavy (non-hydrogen) atoms. The summed E-state index contributed by atoms with van der Waals surface area (Å²) in [5.41, 5.74) is 1.64. The Hall–Kier alpha value is -3.92. The Labute approximate surface area is 222 Å². The molecule has 3 heterocycles. The van der Waals surface area contributed by atoms with Crippen LogP contribution in [0.1, 0.15) is 63.6 Å². The van der Waals surface area contributed by atoms with Crippen molar-refractivity contribution in [3.63, 3.8) is 0 Å². The fourth-order valence-corrected chi connectivity index (χ4v) is 4.27. The fraction of sp³-hybridized carbons (Fsp3) is 0.429. The number of amides is 3. The van der Waals surface area contributed by atoms with E-state index in [1.54, 1.807) is 48.7 Å². The quantitative estimate of drug-likeness (QED) is 0.327. The number of rotatable bonds is 7. The first kappa shape index (κ1) is 27.1. The molecule has 0 atom stereocenters. The van der Waals surface area contributed by atoms with Gasteiger partial charge in [-0.2, -0.15) is 0 Å². The lowest BCUT2D eigenvalue weighted by atomic mass is 9.83. The van der Waals surface area contributed by atoms with Crippen molar-refractivity contribution in [2.45, 2.75) is 58.5 Å². The minimum absolute atomic E-state index is 0.185. The number of urea groups is 1. The minimum Gasteiger partial charge on any atom is -0.486 e. The van der Waals surface area contributed by atoms with Crippen LogP contribution in [0.5, 0.6) is 5.75 Å². The second-order valence-corrected chi connectivity index (χ2v) is 11.0. The van der Waals surface area contributed by atoms with Gasteiger partial charge in [-0.25, -0.2) is 9.78 Å². The zero-order valence-corrected chi connectivity index (χ0v) is 22.6. The van der Waals surface area contributed by atoms with E-state index in [0.717, 1.165) is 31.6 Å². The van der Waals surface area contributed by atoms with Gasteiger partial charge in [0.05, 0.1) is 11.9 Å². The molecule has 2 aromatic heterocycles. The summed E-state index contributed by atoms with van der Waals surface area (Å²) >= 11 is 0. The SMILES string of the molecule is CC(C)(C)c1cc(NC(=O)Nc2ccc(NC(=O)c3ccc(OC(C)(C)C4CCNCC4)cn3)cc2)on1. The summed E-state index contributed by atoms with van der Waals surface area (Å²) in [6.07, 6.45) is 3.72. The van der Waals surface area contributed by atoms with Crippen molar-refractivity contribution in [2.24, 2.45) is 5.92 Å². The predicted molar refractivity (Wildman–Crippen MR) is 147 cm³/mol. The van der Waals surface area contributed by atoms with Crippen molar-refractivity contribution in [3.8, 4) is 5.75 Å². The number of hydrogen-bond donors (Lipinski definition) is 4. The standard InChI is InChI=1S/C28H36N6O4/c1-27(2,3)23-16-24(38-34-23)33-26(36)32-20-8-6-19(7-9-20)31-25(35)22-11-10-21(17-30-22)37-28(4,5)18-12-14-29-15-13-18/h6-11,16-18,29H,12-15H2,1-5H3,(H,31,35)(H2,32,33,36). The molecule has 4 rings (SSSR count). The topological polar surface area (TPSA) is 130 Å². The Kier molecular flexibility index (Phi) is 8.01. The van der Waals surface area contributed by atoms with E-state index < -0.39 is 6.03 Å². The van der Waals surface area contributed by atoms with Gasteiger partial charge in [0.2, 0.25) is 5.88 Å². The van der Waals surface area contributed by atoms with Crippen LogP contribution >= 0.6 is 0 Å². The molecule has 0 aliphatic carbocycles. The van der Waals surface area contributed by atoms with Crippen LogP contribution in [0, 0.1) is 5.92 Å². The number of benzene rings is 1. The Balaban J connectivity index is 1.28. The highest BCUT2D eigenvalue weighted by Gasteiger charge is 2.32. The zero-order chi connectivity index (χ0) is 27.3. The molecule has 202 valence electrons. The van der Waals surface area contributed by atoms with Gasteiger partial charge in [0.15, 0.2) is 0 Å². The lowest BCUT2D eigenvalue weighted by Crippen LogP contribution is -2.43. The van der Waals surface area contributed by atoms with Crippen LogP contribution in [-0.2, 0) is 5.41 Å². The van der Waals surface area contributed by atoms with E-state index >= 15 is 0 Å². The van der Waals surface area contributed by atoms with Gasteiger partial charge in [0.1, 0.15) is 17.0 Å². The minimum atomic E-state index is -0.465. The lowest BCUT2D eigenvalue weighted by molar-refractivity contribution is 0.0282. The van der Waals surface area contributed by atoms with Gasteiger partial charge in [-0.05, 0) is 76.2 Å². The van der Waals surface area contributed by atoms with Crippen molar-refractivity contribution < 1.29 is 18.8 Å². The molecule has 0 saturated carbocycles. The summed E-state index contributed by atoms with van der Waals surface area (Å²) in [6, 6.07) is 11.4. The summed E-state index contributed by atoms with van der Waals surface area (Å²) < 4.78 is 11.4. The Bertz CT molecular complexity index is 1240. The molecule has 0 radical (unpaired) electrons. The number of carbonyl (C=O) groups is 2. The van der Waals surface area contributed by atoms with Crippen molar-refractivity contribution in [1.82, 2.24) is 15.5 Å². The van der Waals surface area contributed by atoms with Crippen molar-refractivity contribution >= 4 is 29.2 Å². The molecule has 1 aliphatic rings. The molecule has 0 bridgehead atoms. The Morgan fingerprint density at radius 2 is 1.61 bits per heavy atom. The average Bonchev–Trinajstić information content (AvgIpc) is 3.35. The number of aromatic nitrogens is 2. The predicted octanol–water partition coefficient (Wildman–Crippen LogP) is 5.42. The van der Waals surface area contributed by atoms with Crippen LogP contribution < -0.4 is 26.0 Å². The van der Waals surface area contributed by atoms with Gasteiger partial charge in [-0.3, -0.25) is 10.1 Å². The van der Waals surface area contributed by atoms with Crippen LogP contribution in [-0.4, -0.2) is 40.8 Å². The molecule has 3 aromatic rings. The number of carbonyl (C=O) groups excluding carboxylic acids is 2. The largest absolute Gasteiger partial charge is 0.486 e. The van der Waals surface area contributed by atoms with Crippen LogP contribution in [0.15, 0.2) is 53.2 Å². The molecule has 4 N–H and O–H groups in total. The molecule has 1 fully saturated rings. The van der Waals surface area contributed by atoms with E-state index in [1.165, 1.54) is 0 Å². The number of ether oxygens (including phenoxy) is 1. The van der Waals surface area contributed by atoms with Gasteiger partial charge in [-0.1, -0.05) is 25.9 Å². The first-order valence-corrected chi connectivity index (χ1v) is 12.8. The number of anilines is 3. The zero-order valence-electron chi connectivity index (χ0n) is 22.6. The smallest absolute Gasteiger partial charge is 0.326 e. The second-order valence-electron chi connectivity index (χ2n) is 11.0. The van der Waals surface area contributed by atoms with Gasteiger partial charge < -0.3 is 25.2 Å². The highest BCUT2D eigenvalue weighted by molar-refractivity contribution is 6.03. The summed E-state index contributed by atoms with van der Waals surface area (Å²) in [5.74, 6) is 1.01. The van der Waals surface area contributed by atoms with E-state index in [9.17, 15) is 9.59 Å². The summed E-state index contributed by atoms with van der Waals surface area (Å²) in [5, 5.41) is 15.5. The monoisotopic (exact) mass is 520 g/mol. The number of hydrogen-bond acceptors (Lipinski definition) is 7. The summed E-state index contributed by atoms with van der Waals surface area (Å²) in [4.78, 5) is 29.3. The normalized spacial score (nSPS) is 14.6. The Morgan fingerprint density at radius 1 is 0.947 bits per heavy atom. The van der Waals surface area contributed by atoms with E-state index in [1.807, 2.05) is 20.8 Å². The van der Waals surface area contributed by atoms with Crippen LogP contribution in [0.3, 0.4) is 0 Å². The molecule has 3 amide bonds. The molecular formula is C28H36N6O4. The van der Waals surface area contributed by atoms with E-state index in [0.29, 0.717) is 23.0 Å². The van der Waals surface area contributed by atoms with E-state index in [2.05, 4.69) is 45.3 Å². The van der Waals surface area contributed by atoms with Gasteiger partial charge in [0.25, 0.3) is 5.91 Å². The molecular weight excluding hydrogens is 484 g/mol. The fourth-order valence-electron chi connectivity index (χ4n) is 4.27. The third-order valence-corrected chi connectivity index (χ3v) is 6.59. The maximum atomic E-state index is 12.7. The average molecular weight is 521 g/mol. The third kappa shape index (κ3) is 7.10. The summed E-state index contributed by atoms with van der Waals surface area (Å²) in [7, 11) is 0. The number of piperidine rings is 1. The molecule has 0 spiro atoms. The molecule has 1 aliphatic heterocycles. The molecule has 1 saturated heterocycles. The number of pyridine rings is 1. The molecule has 1 aromatic carbocycles. The number of nitrogens with zero attached hydrogens (tertiary/aromatic N) is 2. The van der Waals surface area contributed by atoms with Crippen LogP contribution in [0.2, 0.25) is 0 Å². The maximum absolute atomic E-state index is 12.7. The number of nitrogens with one attached hydrogen (secondary N) is 4. The molecule has 10 heteroatoms. The van der Waals surface area contributed by atoms with Crippen LogP contribution in [0.4, 0.5) is 22.1 Å². The first-order chi connectivity index (χ1) is 18.0. The molecule has 10 nitrogen and oxygen atoms in total. The van der Waals surface area contributed by atoms with E-state index in [-0.39, 0.29) is 28.5 Å². The van der Waals surface area contributed by atoms with Crippen LogP contribution in [0.25, 0.3) is 0 Å². The van der Waals surface area contributed by atoms with E-state index in [4.69, 9.17) is 9.26 Å². The van der Waals surface area contributed by atoms with Gasteiger partial charge in [0, 0.05) is 28.8 Å². The van der Waals surface area contributed by atoms with Crippen molar-refractivity contribution in [1.29, 1.82) is 0 Å². The Morgan fingerprint density at radius 3 is 2.18 bits per heavy atom. The first-order valence-electron chi connectivity index (χ1n) is 12.8. The second kappa shape index (κ2) is 11.2. The highest BCUT2D eigenvalue weighted by atomic mass is 16.5.